The average molecular weight is 278 g/mol. The number of hydrogen-bond donors (Lipinski definition) is 1. The zero-order valence-electron chi connectivity index (χ0n) is 11.0. The van der Waals surface area contributed by atoms with E-state index < -0.39 is 5.97 Å². The Bertz CT molecular complexity index is 566. The maximum absolute atomic E-state index is 11.2. The smallest absolute Gasteiger partial charge is 0.337 e. The van der Waals surface area contributed by atoms with Crippen LogP contribution in [0.2, 0.25) is 0 Å². The lowest BCUT2D eigenvalue weighted by Crippen LogP contribution is -2.03. The van der Waals surface area contributed by atoms with E-state index in [2.05, 4.69) is 11.2 Å². The molecular formula is C14H18N2O2S. The number of unbranched alkanes of at least 4 members (excludes halogenated alkanes) is 2. The Labute approximate surface area is 116 Å². The topological polar surface area (TPSA) is 55.1 Å². The first-order valence-corrected chi connectivity index (χ1v) is 7.79. The minimum atomic E-state index is -0.894. The number of carboxylic acid groups (broad SMARTS) is 1. The Morgan fingerprint density at radius 2 is 2.21 bits per heavy atom. The molecule has 5 heteroatoms. The molecule has 0 amide bonds. The van der Waals surface area contributed by atoms with E-state index in [1.807, 2.05) is 22.4 Å². The number of hydrogen-bond acceptors (Lipinski definition) is 3. The van der Waals surface area contributed by atoms with Crippen LogP contribution in [0, 0.1) is 0 Å². The normalized spacial score (nSPS) is 11.0. The molecule has 0 unspecified atom stereocenters. The summed E-state index contributed by atoms with van der Waals surface area (Å²) in [5.74, 6) is 0.292. The maximum atomic E-state index is 11.2. The zero-order chi connectivity index (χ0) is 13.7. The van der Waals surface area contributed by atoms with Gasteiger partial charge in [0.25, 0.3) is 0 Å². The highest BCUT2D eigenvalue weighted by atomic mass is 32.2. The van der Waals surface area contributed by atoms with Gasteiger partial charge in [-0.3, -0.25) is 0 Å². The molecule has 19 heavy (non-hydrogen) atoms. The SMILES string of the molecule is CSCCCCCn1cnc2cccc(C(=O)O)c21. The Hall–Kier alpha value is -1.49. The van der Waals surface area contributed by atoms with Crippen LogP contribution in [0.4, 0.5) is 0 Å². The number of benzene rings is 1. The van der Waals surface area contributed by atoms with Crippen LogP contribution in [0.3, 0.4) is 0 Å². The van der Waals surface area contributed by atoms with Crippen molar-refractivity contribution in [2.75, 3.05) is 12.0 Å². The van der Waals surface area contributed by atoms with E-state index in [0.717, 1.165) is 30.4 Å². The molecule has 0 spiro atoms. The summed E-state index contributed by atoms with van der Waals surface area (Å²) in [7, 11) is 0. The number of para-hydroxylation sites is 1. The van der Waals surface area contributed by atoms with Crippen LogP contribution in [-0.4, -0.2) is 32.6 Å². The molecule has 0 bridgehead atoms. The van der Waals surface area contributed by atoms with E-state index in [1.165, 1.54) is 12.2 Å². The summed E-state index contributed by atoms with van der Waals surface area (Å²) in [5.41, 5.74) is 1.82. The minimum absolute atomic E-state index is 0.333. The number of carboxylic acids is 1. The molecule has 0 atom stereocenters. The molecule has 0 fully saturated rings. The number of aromatic carboxylic acids is 1. The molecule has 1 heterocycles. The van der Waals surface area contributed by atoms with Crippen molar-refractivity contribution in [2.24, 2.45) is 0 Å². The molecule has 0 aliphatic carbocycles. The number of thioether (sulfide) groups is 1. The van der Waals surface area contributed by atoms with Gasteiger partial charge in [-0.05, 0) is 37.0 Å². The van der Waals surface area contributed by atoms with Gasteiger partial charge >= 0.3 is 5.97 Å². The van der Waals surface area contributed by atoms with Gasteiger partial charge in [0.05, 0.1) is 22.9 Å². The Balaban J connectivity index is 2.12. The number of fused-ring (bicyclic) bond motifs is 1. The first-order chi connectivity index (χ1) is 9.24. The molecule has 2 rings (SSSR count). The monoisotopic (exact) mass is 278 g/mol. The average Bonchev–Trinajstić information content (AvgIpc) is 2.81. The Morgan fingerprint density at radius 3 is 2.95 bits per heavy atom. The van der Waals surface area contributed by atoms with Gasteiger partial charge in [-0.25, -0.2) is 9.78 Å². The predicted molar refractivity (Wildman–Crippen MR) is 78.9 cm³/mol. The summed E-state index contributed by atoms with van der Waals surface area (Å²) in [6, 6.07) is 5.23. The lowest BCUT2D eigenvalue weighted by Gasteiger charge is -2.06. The summed E-state index contributed by atoms with van der Waals surface area (Å²) in [4.78, 5) is 15.5. The van der Waals surface area contributed by atoms with Gasteiger partial charge in [0.1, 0.15) is 0 Å². The third-order valence-electron chi connectivity index (χ3n) is 3.12. The molecule has 1 N–H and O–H groups in total. The first kappa shape index (κ1) is 13.9. The van der Waals surface area contributed by atoms with E-state index >= 15 is 0 Å². The second kappa shape index (κ2) is 6.61. The summed E-state index contributed by atoms with van der Waals surface area (Å²) in [6.45, 7) is 0.829. The quantitative estimate of drug-likeness (QED) is 0.790. The fraction of sp³-hybridized carbons (Fsp3) is 0.429. The highest BCUT2D eigenvalue weighted by Gasteiger charge is 2.12. The number of imidazole rings is 1. The van der Waals surface area contributed by atoms with Gasteiger partial charge in [0.2, 0.25) is 0 Å². The summed E-state index contributed by atoms with van der Waals surface area (Å²) >= 11 is 1.86. The van der Waals surface area contributed by atoms with Gasteiger partial charge in [-0.1, -0.05) is 12.5 Å². The fourth-order valence-electron chi connectivity index (χ4n) is 2.17. The van der Waals surface area contributed by atoms with Gasteiger partial charge in [0.15, 0.2) is 0 Å². The van der Waals surface area contributed by atoms with Gasteiger partial charge < -0.3 is 9.67 Å². The molecule has 102 valence electrons. The van der Waals surface area contributed by atoms with Crippen molar-refractivity contribution in [1.82, 2.24) is 9.55 Å². The second-order valence-electron chi connectivity index (χ2n) is 4.47. The van der Waals surface area contributed by atoms with Crippen molar-refractivity contribution in [3.63, 3.8) is 0 Å². The van der Waals surface area contributed by atoms with Gasteiger partial charge in [-0.2, -0.15) is 11.8 Å². The van der Waals surface area contributed by atoms with E-state index in [-0.39, 0.29) is 0 Å². The van der Waals surface area contributed by atoms with Crippen LogP contribution >= 0.6 is 11.8 Å². The lowest BCUT2D eigenvalue weighted by molar-refractivity contribution is 0.0698. The van der Waals surface area contributed by atoms with Crippen molar-refractivity contribution in [3.05, 3.63) is 30.1 Å². The van der Waals surface area contributed by atoms with Crippen molar-refractivity contribution in [3.8, 4) is 0 Å². The number of nitrogens with zero attached hydrogens (tertiary/aromatic N) is 2. The standard InChI is InChI=1S/C14H18N2O2S/c1-19-9-4-2-3-8-16-10-15-12-7-5-6-11(13(12)16)14(17)18/h5-7,10H,2-4,8-9H2,1H3,(H,17,18). The number of aryl methyl sites for hydroxylation is 1. The largest absolute Gasteiger partial charge is 0.478 e. The van der Waals surface area contributed by atoms with Crippen LogP contribution in [0.15, 0.2) is 24.5 Å². The van der Waals surface area contributed by atoms with E-state index in [1.54, 1.807) is 18.5 Å². The maximum Gasteiger partial charge on any atom is 0.337 e. The molecule has 0 saturated heterocycles. The molecule has 0 aliphatic rings. The van der Waals surface area contributed by atoms with Crippen molar-refractivity contribution < 1.29 is 9.90 Å². The minimum Gasteiger partial charge on any atom is -0.478 e. The fourth-order valence-corrected chi connectivity index (χ4v) is 2.67. The van der Waals surface area contributed by atoms with E-state index in [4.69, 9.17) is 0 Å². The van der Waals surface area contributed by atoms with Crippen LogP contribution < -0.4 is 0 Å². The molecule has 0 aliphatic heterocycles. The summed E-state index contributed by atoms with van der Waals surface area (Å²) in [6.07, 6.45) is 7.28. The van der Waals surface area contributed by atoms with Crippen LogP contribution in [0.25, 0.3) is 11.0 Å². The Morgan fingerprint density at radius 1 is 1.37 bits per heavy atom. The molecule has 0 saturated carbocycles. The number of rotatable bonds is 7. The predicted octanol–water partition coefficient (Wildman–Crippen LogP) is 3.27. The third kappa shape index (κ3) is 3.29. The van der Waals surface area contributed by atoms with Gasteiger partial charge in [0, 0.05) is 6.54 Å². The molecule has 4 nitrogen and oxygen atoms in total. The zero-order valence-corrected chi connectivity index (χ0v) is 11.8. The van der Waals surface area contributed by atoms with Crippen LogP contribution in [0.1, 0.15) is 29.6 Å². The number of carbonyl (C=O) groups is 1. The van der Waals surface area contributed by atoms with E-state index in [9.17, 15) is 9.90 Å². The molecule has 0 radical (unpaired) electrons. The highest BCUT2D eigenvalue weighted by molar-refractivity contribution is 7.98. The highest BCUT2D eigenvalue weighted by Crippen LogP contribution is 2.19. The summed E-state index contributed by atoms with van der Waals surface area (Å²) in [5, 5.41) is 9.22. The van der Waals surface area contributed by atoms with Crippen LogP contribution in [-0.2, 0) is 6.54 Å². The molecule has 2 aromatic rings. The van der Waals surface area contributed by atoms with Crippen molar-refractivity contribution in [2.45, 2.75) is 25.8 Å². The van der Waals surface area contributed by atoms with Crippen LogP contribution in [0.5, 0.6) is 0 Å². The molecule has 1 aromatic heterocycles. The van der Waals surface area contributed by atoms with Crippen molar-refractivity contribution >= 4 is 28.8 Å². The lowest BCUT2D eigenvalue weighted by atomic mass is 10.2. The van der Waals surface area contributed by atoms with Crippen molar-refractivity contribution in [1.29, 1.82) is 0 Å². The Kier molecular flexibility index (Phi) is 4.85. The second-order valence-corrected chi connectivity index (χ2v) is 5.46. The van der Waals surface area contributed by atoms with Gasteiger partial charge in [-0.15, -0.1) is 0 Å². The molecular weight excluding hydrogens is 260 g/mol. The summed E-state index contributed by atoms with van der Waals surface area (Å²) < 4.78 is 1.96. The van der Waals surface area contributed by atoms with E-state index in [0.29, 0.717) is 5.56 Å². The number of aromatic nitrogens is 2. The third-order valence-corrected chi connectivity index (χ3v) is 3.81. The molecule has 1 aromatic carbocycles. The first-order valence-electron chi connectivity index (χ1n) is 6.40.